The molecule has 0 aromatic heterocycles. The van der Waals surface area contributed by atoms with Gasteiger partial charge in [-0.1, -0.05) is 24.3 Å². The maximum Gasteiger partial charge on any atom is 0.119 e. The maximum absolute atomic E-state index is 8.52. The van der Waals surface area contributed by atoms with Crippen molar-refractivity contribution in [1.82, 2.24) is 5.32 Å². The average molecular weight is 324 g/mol. The van der Waals surface area contributed by atoms with Gasteiger partial charge in [0.15, 0.2) is 0 Å². The molecule has 0 bridgehead atoms. The van der Waals surface area contributed by atoms with E-state index in [9.17, 15) is 0 Å². The van der Waals surface area contributed by atoms with Crippen LogP contribution in [0.1, 0.15) is 24.0 Å². The molecule has 0 aliphatic heterocycles. The van der Waals surface area contributed by atoms with Gasteiger partial charge < -0.3 is 14.8 Å². The lowest BCUT2D eigenvalue weighted by atomic mass is 10.1. The van der Waals surface area contributed by atoms with E-state index in [1.54, 1.807) is 7.11 Å². The summed E-state index contributed by atoms with van der Waals surface area (Å²) in [7, 11) is 1.68. The van der Waals surface area contributed by atoms with Gasteiger partial charge >= 0.3 is 0 Å². The topological polar surface area (TPSA) is 54.3 Å². The highest BCUT2D eigenvalue weighted by Gasteiger charge is 1.99. The van der Waals surface area contributed by atoms with Crippen molar-refractivity contribution in [2.75, 3.05) is 20.3 Å². The first-order valence-electron chi connectivity index (χ1n) is 8.24. The van der Waals surface area contributed by atoms with Gasteiger partial charge in [-0.2, -0.15) is 5.26 Å². The van der Waals surface area contributed by atoms with Gasteiger partial charge in [0.2, 0.25) is 0 Å². The summed E-state index contributed by atoms with van der Waals surface area (Å²) in [4.78, 5) is 0. The molecule has 0 saturated heterocycles. The van der Waals surface area contributed by atoms with Crippen LogP contribution in [0.5, 0.6) is 11.5 Å². The normalized spacial score (nSPS) is 10.2. The fraction of sp³-hybridized carbons (Fsp3) is 0.350. The Morgan fingerprint density at radius 1 is 1.04 bits per heavy atom. The van der Waals surface area contributed by atoms with Crippen molar-refractivity contribution in [1.29, 1.82) is 5.26 Å². The third kappa shape index (κ3) is 6.31. The summed E-state index contributed by atoms with van der Waals surface area (Å²) in [5.74, 6) is 1.75. The molecule has 0 saturated carbocycles. The molecule has 0 spiro atoms. The van der Waals surface area contributed by atoms with Crippen LogP contribution in [0.3, 0.4) is 0 Å². The zero-order valence-electron chi connectivity index (χ0n) is 14.1. The van der Waals surface area contributed by atoms with Crippen LogP contribution in [0.2, 0.25) is 0 Å². The zero-order chi connectivity index (χ0) is 17.0. The van der Waals surface area contributed by atoms with Crippen LogP contribution < -0.4 is 14.8 Å². The van der Waals surface area contributed by atoms with Crippen molar-refractivity contribution in [2.45, 2.75) is 25.8 Å². The first kappa shape index (κ1) is 17.8. The number of nitrogens with one attached hydrogen (secondary N) is 1. The molecule has 0 heterocycles. The van der Waals surface area contributed by atoms with Crippen LogP contribution in [0.4, 0.5) is 0 Å². The van der Waals surface area contributed by atoms with Crippen LogP contribution >= 0.6 is 0 Å². The van der Waals surface area contributed by atoms with Gasteiger partial charge in [0, 0.05) is 13.0 Å². The molecule has 0 atom stereocenters. The number of hydrogen-bond donors (Lipinski definition) is 1. The van der Waals surface area contributed by atoms with Gasteiger partial charge in [0.1, 0.15) is 11.5 Å². The van der Waals surface area contributed by atoms with E-state index in [1.165, 1.54) is 11.1 Å². The minimum Gasteiger partial charge on any atom is -0.497 e. The van der Waals surface area contributed by atoms with Crippen molar-refractivity contribution in [3.63, 3.8) is 0 Å². The zero-order valence-corrected chi connectivity index (χ0v) is 14.1. The monoisotopic (exact) mass is 324 g/mol. The van der Waals surface area contributed by atoms with Gasteiger partial charge in [0.25, 0.3) is 0 Å². The fourth-order valence-corrected chi connectivity index (χ4v) is 2.34. The molecule has 0 fully saturated rings. The molecule has 0 unspecified atom stereocenters. The summed E-state index contributed by atoms with van der Waals surface area (Å²) < 4.78 is 10.8. The van der Waals surface area contributed by atoms with Crippen molar-refractivity contribution >= 4 is 0 Å². The van der Waals surface area contributed by atoms with E-state index in [1.807, 2.05) is 30.3 Å². The van der Waals surface area contributed by atoms with E-state index in [2.05, 4.69) is 29.6 Å². The largest absolute Gasteiger partial charge is 0.497 e. The average Bonchev–Trinajstić information content (AvgIpc) is 2.63. The van der Waals surface area contributed by atoms with E-state index in [0.717, 1.165) is 37.4 Å². The minimum atomic E-state index is 0.534. The van der Waals surface area contributed by atoms with Gasteiger partial charge in [0.05, 0.1) is 19.8 Å². The van der Waals surface area contributed by atoms with Crippen LogP contribution in [0.25, 0.3) is 0 Å². The second kappa shape index (κ2) is 10.3. The third-order valence-electron chi connectivity index (χ3n) is 3.68. The lowest BCUT2D eigenvalue weighted by molar-refractivity contribution is 0.312. The fourth-order valence-electron chi connectivity index (χ4n) is 2.34. The number of unbranched alkanes of at least 4 members (excludes halogenated alkanes) is 1. The number of hydrogen-bond acceptors (Lipinski definition) is 4. The second-order valence-electron chi connectivity index (χ2n) is 5.53. The Balaban J connectivity index is 1.70. The van der Waals surface area contributed by atoms with E-state index in [0.29, 0.717) is 13.0 Å². The highest BCUT2D eigenvalue weighted by Crippen LogP contribution is 2.14. The highest BCUT2D eigenvalue weighted by molar-refractivity contribution is 5.29. The molecular weight excluding hydrogens is 300 g/mol. The molecule has 2 rings (SSSR count). The maximum atomic E-state index is 8.52. The van der Waals surface area contributed by atoms with Crippen LogP contribution in [-0.4, -0.2) is 20.3 Å². The lowest BCUT2D eigenvalue weighted by Gasteiger charge is -2.09. The Labute approximate surface area is 144 Å². The van der Waals surface area contributed by atoms with Gasteiger partial charge in [-0.15, -0.1) is 0 Å². The molecular formula is C20H24N2O2. The number of nitriles is 1. The van der Waals surface area contributed by atoms with Crippen molar-refractivity contribution in [3.8, 4) is 17.6 Å². The summed E-state index contributed by atoms with van der Waals surface area (Å²) in [6, 6.07) is 18.4. The molecule has 126 valence electrons. The van der Waals surface area contributed by atoms with Crippen LogP contribution in [-0.2, 0) is 13.0 Å². The molecule has 0 amide bonds. The molecule has 0 radical (unpaired) electrons. The number of nitrogens with zero attached hydrogens (tertiary/aromatic N) is 1. The Morgan fingerprint density at radius 2 is 1.88 bits per heavy atom. The van der Waals surface area contributed by atoms with Crippen molar-refractivity contribution in [3.05, 3.63) is 59.7 Å². The van der Waals surface area contributed by atoms with E-state index in [-0.39, 0.29) is 0 Å². The minimum absolute atomic E-state index is 0.534. The molecule has 4 heteroatoms. The second-order valence-corrected chi connectivity index (χ2v) is 5.53. The smallest absolute Gasteiger partial charge is 0.119 e. The van der Waals surface area contributed by atoms with Gasteiger partial charge in [-0.25, -0.2) is 0 Å². The summed E-state index contributed by atoms with van der Waals surface area (Å²) in [5, 5.41) is 12.0. The third-order valence-corrected chi connectivity index (χ3v) is 3.68. The Kier molecular flexibility index (Phi) is 7.66. The highest BCUT2D eigenvalue weighted by atomic mass is 16.5. The number of rotatable bonds is 10. The Hall–Kier alpha value is -2.51. The predicted octanol–water partition coefficient (Wildman–Crippen LogP) is 3.71. The molecule has 4 nitrogen and oxygen atoms in total. The van der Waals surface area contributed by atoms with Gasteiger partial charge in [-0.3, -0.25) is 0 Å². The summed E-state index contributed by atoms with van der Waals surface area (Å²) in [6.07, 6.45) is 2.28. The van der Waals surface area contributed by atoms with Crippen molar-refractivity contribution < 1.29 is 9.47 Å². The Morgan fingerprint density at radius 3 is 2.62 bits per heavy atom. The number of ether oxygens (including phenoxy) is 2. The molecule has 1 N–H and O–H groups in total. The van der Waals surface area contributed by atoms with E-state index < -0.39 is 0 Å². The predicted molar refractivity (Wildman–Crippen MR) is 95.2 cm³/mol. The number of benzene rings is 2. The SMILES string of the molecule is COc1ccc(CCNCc2cccc(OCCCC#N)c2)cc1. The standard InChI is InChI=1S/C20H24N2O2/c1-23-19-9-7-17(8-10-19)11-13-22-16-18-5-4-6-20(15-18)24-14-3-2-12-21/h4-10,15,22H,2-3,11,13-14,16H2,1H3. The van der Waals surface area contributed by atoms with Crippen molar-refractivity contribution in [2.24, 2.45) is 0 Å². The lowest BCUT2D eigenvalue weighted by Crippen LogP contribution is -2.16. The van der Waals surface area contributed by atoms with Crippen LogP contribution in [0, 0.1) is 11.3 Å². The first-order chi connectivity index (χ1) is 11.8. The van der Waals surface area contributed by atoms with E-state index in [4.69, 9.17) is 14.7 Å². The molecule has 2 aromatic rings. The molecule has 0 aliphatic carbocycles. The number of methoxy groups -OCH3 is 1. The summed E-state index contributed by atoms with van der Waals surface area (Å²) in [5.41, 5.74) is 2.49. The Bertz CT molecular complexity index is 647. The summed E-state index contributed by atoms with van der Waals surface area (Å²) in [6.45, 7) is 2.31. The molecule has 24 heavy (non-hydrogen) atoms. The first-order valence-corrected chi connectivity index (χ1v) is 8.24. The van der Waals surface area contributed by atoms with Gasteiger partial charge in [-0.05, 0) is 54.8 Å². The summed E-state index contributed by atoms with van der Waals surface area (Å²) >= 11 is 0. The quantitative estimate of drug-likeness (QED) is 0.677. The van der Waals surface area contributed by atoms with Crippen LogP contribution in [0.15, 0.2) is 48.5 Å². The molecule has 2 aromatic carbocycles. The van der Waals surface area contributed by atoms with E-state index >= 15 is 0 Å². The molecule has 0 aliphatic rings.